The topological polar surface area (TPSA) is 97.8 Å². The van der Waals surface area contributed by atoms with Crippen LogP contribution in [0.1, 0.15) is 6.42 Å². The fraction of sp³-hybridized carbons (Fsp3) is 0.300. The Hall–Kier alpha value is -2.75. The fourth-order valence-corrected chi connectivity index (χ4v) is 5.10. The van der Waals surface area contributed by atoms with Crippen molar-refractivity contribution in [3.05, 3.63) is 61.3 Å². The van der Waals surface area contributed by atoms with Crippen LogP contribution in [0.3, 0.4) is 0 Å². The Labute approximate surface area is 169 Å². The lowest BCUT2D eigenvalue weighted by Crippen LogP contribution is -2.37. The number of nitrogens with one attached hydrogen (secondary N) is 1. The van der Waals surface area contributed by atoms with Gasteiger partial charge in [-0.25, -0.2) is 13.4 Å². The zero-order valence-electron chi connectivity index (χ0n) is 15.6. The number of sulfonamides is 1. The van der Waals surface area contributed by atoms with Crippen molar-refractivity contribution >= 4 is 15.9 Å². The summed E-state index contributed by atoms with van der Waals surface area (Å²) < 4.78 is 38.8. The Bertz CT molecular complexity index is 981. The Kier molecular flexibility index (Phi) is 5.35. The number of pyridine rings is 1. The first-order valence-corrected chi connectivity index (χ1v) is 10.7. The monoisotopic (exact) mass is 415 g/mol. The van der Waals surface area contributed by atoms with Crippen LogP contribution in [-0.2, 0) is 19.6 Å². The van der Waals surface area contributed by atoms with E-state index >= 15 is 0 Å². The van der Waals surface area contributed by atoms with Crippen LogP contribution in [0.15, 0.2) is 66.2 Å². The summed E-state index contributed by atoms with van der Waals surface area (Å²) in [7, 11) is -3.64. The largest absolute Gasteiger partial charge is 0.439 e. The normalized spacial score (nSPS) is 24.1. The number of fused-ring (bicyclic) bond motifs is 1. The molecule has 3 unspecified atom stereocenters. The molecule has 8 nitrogen and oxygen atoms in total. The second-order valence-electron chi connectivity index (χ2n) is 6.94. The van der Waals surface area contributed by atoms with E-state index in [1.54, 1.807) is 36.5 Å². The lowest BCUT2D eigenvalue weighted by atomic mass is 10.1. The van der Waals surface area contributed by atoms with Crippen LogP contribution in [0, 0.1) is 5.92 Å². The summed E-state index contributed by atoms with van der Waals surface area (Å²) in [5, 5.41) is 2.70. The van der Waals surface area contributed by atoms with Crippen molar-refractivity contribution in [2.45, 2.75) is 23.6 Å². The van der Waals surface area contributed by atoms with Gasteiger partial charge in [-0.2, -0.15) is 4.31 Å². The van der Waals surface area contributed by atoms with E-state index in [1.165, 1.54) is 22.5 Å². The van der Waals surface area contributed by atoms with E-state index in [1.807, 2.05) is 0 Å². The number of hydrogen-bond donors (Lipinski definition) is 1. The third-order valence-electron chi connectivity index (χ3n) is 5.01. The van der Waals surface area contributed by atoms with Crippen molar-refractivity contribution in [1.82, 2.24) is 14.6 Å². The van der Waals surface area contributed by atoms with Gasteiger partial charge >= 0.3 is 0 Å². The Morgan fingerprint density at radius 3 is 2.69 bits per heavy atom. The van der Waals surface area contributed by atoms with Gasteiger partial charge in [0.2, 0.25) is 21.8 Å². The maximum Gasteiger partial charge on any atom is 0.245 e. The third-order valence-corrected chi connectivity index (χ3v) is 6.86. The predicted molar refractivity (Wildman–Crippen MR) is 105 cm³/mol. The van der Waals surface area contributed by atoms with Crippen LogP contribution < -0.4 is 10.1 Å². The molecule has 2 aromatic rings. The van der Waals surface area contributed by atoms with E-state index in [-0.39, 0.29) is 29.4 Å². The van der Waals surface area contributed by atoms with Crippen LogP contribution in [0.4, 0.5) is 0 Å². The van der Waals surface area contributed by atoms with Crippen molar-refractivity contribution in [1.29, 1.82) is 0 Å². The molecule has 4 rings (SSSR count). The third kappa shape index (κ3) is 4.16. The molecule has 0 aliphatic carbocycles. The van der Waals surface area contributed by atoms with Gasteiger partial charge in [-0.15, -0.1) is 0 Å². The van der Waals surface area contributed by atoms with Crippen molar-refractivity contribution in [2.24, 2.45) is 5.92 Å². The number of ether oxygens (including phenoxy) is 2. The number of carbonyl (C=O) groups is 1. The lowest BCUT2D eigenvalue weighted by molar-refractivity contribution is -0.120. The van der Waals surface area contributed by atoms with Crippen LogP contribution in [0.2, 0.25) is 0 Å². The highest BCUT2D eigenvalue weighted by atomic mass is 32.2. The minimum Gasteiger partial charge on any atom is -0.439 e. The molecule has 0 spiro atoms. The fourth-order valence-electron chi connectivity index (χ4n) is 3.59. The molecule has 9 heteroatoms. The second-order valence-corrected chi connectivity index (χ2v) is 8.87. The summed E-state index contributed by atoms with van der Waals surface area (Å²) in [6, 6.07) is 11.6. The summed E-state index contributed by atoms with van der Waals surface area (Å²) in [4.78, 5) is 15.7. The van der Waals surface area contributed by atoms with Gasteiger partial charge in [-0.05, 0) is 42.8 Å². The van der Waals surface area contributed by atoms with Gasteiger partial charge in [0.05, 0.1) is 11.0 Å². The van der Waals surface area contributed by atoms with Gasteiger partial charge in [0.25, 0.3) is 0 Å². The number of benzene rings is 1. The van der Waals surface area contributed by atoms with Gasteiger partial charge in [0.15, 0.2) is 0 Å². The number of hydrogen-bond acceptors (Lipinski definition) is 6. The van der Waals surface area contributed by atoms with E-state index in [0.29, 0.717) is 24.6 Å². The molecule has 152 valence electrons. The smallest absolute Gasteiger partial charge is 0.245 e. The highest BCUT2D eigenvalue weighted by Crippen LogP contribution is 2.35. The summed E-state index contributed by atoms with van der Waals surface area (Å²) in [6.45, 7) is 4.04. The molecule has 0 bridgehead atoms. The van der Waals surface area contributed by atoms with Crippen molar-refractivity contribution in [2.75, 3.05) is 13.1 Å². The van der Waals surface area contributed by atoms with E-state index in [4.69, 9.17) is 9.47 Å². The average molecular weight is 415 g/mol. The molecule has 29 heavy (non-hydrogen) atoms. The molecule has 2 saturated heterocycles. The molecule has 0 radical (unpaired) electrons. The van der Waals surface area contributed by atoms with E-state index in [2.05, 4.69) is 16.9 Å². The van der Waals surface area contributed by atoms with Gasteiger partial charge in [-0.1, -0.05) is 12.6 Å². The summed E-state index contributed by atoms with van der Waals surface area (Å²) in [5.74, 6) is 0.690. The molecule has 1 amide bonds. The summed E-state index contributed by atoms with van der Waals surface area (Å²) in [5.41, 5.74) is 0. The second kappa shape index (κ2) is 7.94. The van der Waals surface area contributed by atoms with E-state index in [0.717, 1.165) is 0 Å². The summed E-state index contributed by atoms with van der Waals surface area (Å²) in [6.07, 6.45) is 2.76. The first-order valence-electron chi connectivity index (χ1n) is 9.23. The zero-order chi connectivity index (χ0) is 20.4. The molecule has 1 aromatic heterocycles. The predicted octanol–water partition coefficient (Wildman–Crippen LogP) is 1.91. The highest BCUT2D eigenvalue weighted by molar-refractivity contribution is 7.89. The number of aromatic nitrogens is 1. The van der Waals surface area contributed by atoms with Crippen LogP contribution in [-0.4, -0.2) is 49.0 Å². The molecule has 0 saturated carbocycles. The van der Waals surface area contributed by atoms with E-state index in [9.17, 15) is 13.2 Å². The first-order chi connectivity index (χ1) is 14.0. The standard InChI is InChI=1S/C20H21N3O5S/c1-2-18(24)22-20-11-14-12-23(13-17(14)28-20)29(25,26)16-8-6-15(7-9-16)27-19-5-3-4-10-21-19/h2-10,14,17,20H,1,11-13H2,(H,22,24). The SMILES string of the molecule is C=CC(=O)NC1CC2CN(S(=O)(=O)c3ccc(Oc4ccccn4)cc3)CC2O1. The Morgan fingerprint density at radius 1 is 1.24 bits per heavy atom. The molecule has 2 aliphatic rings. The maximum atomic E-state index is 13.0. The Morgan fingerprint density at radius 2 is 2.03 bits per heavy atom. The molecular weight excluding hydrogens is 394 g/mol. The quantitative estimate of drug-likeness (QED) is 0.724. The molecule has 3 heterocycles. The number of rotatable bonds is 6. The lowest BCUT2D eigenvalue weighted by Gasteiger charge is -2.19. The van der Waals surface area contributed by atoms with Gasteiger partial charge in [0, 0.05) is 31.3 Å². The van der Waals surface area contributed by atoms with Crippen LogP contribution >= 0.6 is 0 Å². The Balaban J connectivity index is 1.40. The van der Waals surface area contributed by atoms with Gasteiger partial charge in [0.1, 0.15) is 12.0 Å². The van der Waals surface area contributed by atoms with Crippen LogP contribution in [0.5, 0.6) is 11.6 Å². The average Bonchev–Trinajstić information content (AvgIpc) is 3.28. The minimum atomic E-state index is -3.64. The number of carbonyl (C=O) groups excluding carboxylic acids is 1. The summed E-state index contributed by atoms with van der Waals surface area (Å²) >= 11 is 0. The molecule has 2 aliphatic heterocycles. The number of nitrogens with zero attached hydrogens (tertiary/aromatic N) is 2. The van der Waals surface area contributed by atoms with Crippen LogP contribution in [0.25, 0.3) is 0 Å². The van der Waals surface area contributed by atoms with E-state index < -0.39 is 16.3 Å². The first kappa shape index (κ1) is 19.6. The molecule has 1 N–H and O–H groups in total. The highest BCUT2D eigenvalue weighted by Gasteiger charge is 2.46. The van der Waals surface area contributed by atoms with Crippen molar-refractivity contribution in [3.63, 3.8) is 0 Å². The number of amides is 1. The molecule has 2 fully saturated rings. The van der Waals surface area contributed by atoms with Gasteiger partial charge < -0.3 is 14.8 Å². The maximum absolute atomic E-state index is 13.0. The van der Waals surface area contributed by atoms with Gasteiger partial charge in [-0.3, -0.25) is 4.79 Å². The molecule has 1 aromatic carbocycles. The van der Waals surface area contributed by atoms with Crippen molar-refractivity contribution in [3.8, 4) is 11.6 Å². The minimum absolute atomic E-state index is 0.0478. The van der Waals surface area contributed by atoms with Crippen molar-refractivity contribution < 1.29 is 22.7 Å². The molecular formula is C20H21N3O5S. The molecule has 3 atom stereocenters. The zero-order valence-corrected chi connectivity index (χ0v) is 16.4.